The van der Waals surface area contributed by atoms with Crippen molar-refractivity contribution in [1.29, 1.82) is 0 Å². The molecule has 0 aromatic heterocycles. The maximum Gasteiger partial charge on any atom is 0.0122 e. The summed E-state index contributed by atoms with van der Waals surface area (Å²) in [5.74, 6) is 3.78. The minimum absolute atomic E-state index is 0.837. The summed E-state index contributed by atoms with van der Waals surface area (Å²) in [4.78, 5) is 2.67. The Labute approximate surface area is 104 Å². The van der Waals surface area contributed by atoms with Crippen molar-refractivity contribution in [3.63, 3.8) is 0 Å². The van der Waals surface area contributed by atoms with Gasteiger partial charge in [-0.3, -0.25) is 0 Å². The van der Waals surface area contributed by atoms with Crippen LogP contribution in [0, 0.1) is 5.92 Å². The fraction of sp³-hybridized carbons (Fsp3) is 1.00. The highest BCUT2D eigenvalue weighted by atomic mass is 32.2. The number of hydrogen-bond donors (Lipinski definition) is 1. The Morgan fingerprint density at radius 1 is 1.19 bits per heavy atom. The van der Waals surface area contributed by atoms with Gasteiger partial charge in [-0.1, -0.05) is 0 Å². The van der Waals surface area contributed by atoms with Crippen molar-refractivity contribution in [2.24, 2.45) is 5.92 Å². The first-order chi connectivity index (χ1) is 7.81. The number of piperidine rings is 1. The molecular formula is C13H24N2S. The quantitative estimate of drug-likeness (QED) is 0.812. The molecular weight excluding hydrogens is 216 g/mol. The first kappa shape index (κ1) is 11.4. The van der Waals surface area contributed by atoms with E-state index >= 15 is 0 Å². The van der Waals surface area contributed by atoms with Gasteiger partial charge >= 0.3 is 0 Å². The van der Waals surface area contributed by atoms with Gasteiger partial charge in [-0.05, 0) is 56.6 Å². The summed E-state index contributed by atoms with van der Waals surface area (Å²) >= 11 is 2.15. The van der Waals surface area contributed by atoms with Crippen molar-refractivity contribution in [3.8, 4) is 0 Å². The average molecular weight is 240 g/mol. The summed E-state index contributed by atoms with van der Waals surface area (Å²) in [6, 6.07) is 2.54. The van der Waals surface area contributed by atoms with Crippen LogP contribution in [-0.2, 0) is 0 Å². The normalized spacial score (nSPS) is 43.1. The van der Waals surface area contributed by atoms with Crippen LogP contribution in [0.5, 0.6) is 0 Å². The second kappa shape index (κ2) is 4.87. The smallest absolute Gasteiger partial charge is 0.0122 e. The van der Waals surface area contributed by atoms with Gasteiger partial charge in [0.05, 0.1) is 0 Å². The minimum Gasteiger partial charge on any atom is -0.311 e. The minimum atomic E-state index is 0.837. The number of nitrogens with zero attached hydrogens (tertiary/aromatic N) is 1. The molecule has 3 saturated heterocycles. The molecule has 3 atom stereocenters. The van der Waals surface area contributed by atoms with Crippen molar-refractivity contribution in [1.82, 2.24) is 10.2 Å². The molecule has 3 aliphatic heterocycles. The highest BCUT2D eigenvalue weighted by Crippen LogP contribution is 2.31. The summed E-state index contributed by atoms with van der Waals surface area (Å²) in [7, 11) is 2.36. The van der Waals surface area contributed by atoms with Crippen LogP contribution in [0.15, 0.2) is 0 Å². The number of nitrogens with one attached hydrogen (secondary N) is 1. The zero-order valence-electron chi connectivity index (χ0n) is 10.3. The SMILES string of the molecule is CN(CC1CCSC1)C1CC2CCC(C1)N2. The zero-order valence-corrected chi connectivity index (χ0v) is 11.1. The van der Waals surface area contributed by atoms with Gasteiger partial charge in [-0.2, -0.15) is 11.8 Å². The van der Waals surface area contributed by atoms with E-state index in [2.05, 4.69) is 29.0 Å². The molecule has 92 valence electrons. The van der Waals surface area contributed by atoms with E-state index in [1.54, 1.807) is 0 Å². The Bertz CT molecular complexity index is 228. The number of hydrogen-bond acceptors (Lipinski definition) is 3. The molecule has 0 amide bonds. The van der Waals surface area contributed by atoms with Gasteiger partial charge < -0.3 is 10.2 Å². The second-order valence-electron chi connectivity index (χ2n) is 5.93. The van der Waals surface area contributed by atoms with Gasteiger partial charge in [0.25, 0.3) is 0 Å². The molecule has 0 aromatic carbocycles. The van der Waals surface area contributed by atoms with Gasteiger partial charge in [-0.25, -0.2) is 0 Å². The second-order valence-corrected chi connectivity index (χ2v) is 7.08. The number of thioether (sulfide) groups is 1. The number of rotatable bonds is 3. The standard InChI is InChI=1S/C13H24N2S/c1-15(8-10-4-5-16-9-10)13-6-11-2-3-12(7-13)14-11/h10-14H,2-9H2,1H3. The molecule has 3 rings (SSSR count). The van der Waals surface area contributed by atoms with E-state index in [0.29, 0.717) is 0 Å². The van der Waals surface area contributed by atoms with E-state index < -0.39 is 0 Å². The monoisotopic (exact) mass is 240 g/mol. The highest BCUT2D eigenvalue weighted by molar-refractivity contribution is 7.99. The molecule has 0 radical (unpaired) electrons. The van der Waals surface area contributed by atoms with Gasteiger partial charge in [0.2, 0.25) is 0 Å². The fourth-order valence-electron chi connectivity index (χ4n) is 3.67. The van der Waals surface area contributed by atoms with Gasteiger partial charge in [0.1, 0.15) is 0 Å². The van der Waals surface area contributed by atoms with Crippen molar-refractivity contribution >= 4 is 11.8 Å². The molecule has 3 fully saturated rings. The van der Waals surface area contributed by atoms with Crippen LogP contribution >= 0.6 is 11.8 Å². The van der Waals surface area contributed by atoms with Crippen molar-refractivity contribution in [2.45, 2.75) is 50.2 Å². The first-order valence-corrected chi connectivity index (χ1v) is 8.01. The highest BCUT2D eigenvalue weighted by Gasteiger charge is 2.35. The average Bonchev–Trinajstić information content (AvgIpc) is 2.89. The molecule has 3 aliphatic rings. The summed E-state index contributed by atoms with van der Waals surface area (Å²) < 4.78 is 0. The third-order valence-corrected chi connectivity index (χ3v) is 5.87. The van der Waals surface area contributed by atoms with E-state index in [0.717, 1.165) is 24.0 Å². The van der Waals surface area contributed by atoms with Crippen molar-refractivity contribution < 1.29 is 0 Å². The largest absolute Gasteiger partial charge is 0.311 e. The van der Waals surface area contributed by atoms with Crippen LogP contribution < -0.4 is 5.32 Å². The summed E-state index contributed by atoms with van der Waals surface area (Å²) in [6.07, 6.45) is 7.09. The molecule has 0 aromatic rings. The molecule has 16 heavy (non-hydrogen) atoms. The lowest BCUT2D eigenvalue weighted by molar-refractivity contribution is 0.155. The van der Waals surface area contributed by atoms with Crippen LogP contribution in [0.3, 0.4) is 0 Å². The summed E-state index contributed by atoms with van der Waals surface area (Å²) in [6.45, 7) is 1.34. The molecule has 3 heterocycles. The van der Waals surface area contributed by atoms with Gasteiger partial charge in [-0.15, -0.1) is 0 Å². The lowest BCUT2D eigenvalue weighted by Crippen LogP contribution is -2.48. The third kappa shape index (κ3) is 2.41. The van der Waals surface area contributed by atoms with E-state index in [1.807, 2.05) is 0 Å². The lowest BCUT2D eigenvalue weighted by Gasteiger charge is -2.36. The van der Waals surface area contributed by atoms with Crippen LogP contribution in [0.4, 0.5) is 0 Å². The molecule has 0 saturated carbocycles. The Hall–Kier alpha value is 0.270. The molecule has 2 bridgehead atoms. The molecule has 3 heteroatoms. The zero-order chi connectivity index (χ0) is 11.0. The topological polar surface area (TPSA) is 15.3 Å². The number of fused-ring (bicyclic) bond motifs is 2. The molecule has 1 N–H and O–H groups in total. The van der Waals surface area contributed by atoms with E-state index in [-0.39, 0.29) is 0 Å². The van der Waals surface area contributed by atoms with E-state index in [4.69, 9.17) is 0 Å². The fourth-order valence-corrected chi connectivity index (χ4v) is 4.94. The van der Waals surface area contributed by atoms with E-state index in [9.17, 15) is 0 Å². The summed E-state index contributed by atoms with van der Waals surface area (Å²) in [5.41, 5.74) is 0. The third-order valence-electron chi connectivity index (χ3n) is 4.64. The van der Waals surface area contributed by atoms with Crippen molar-refractivity contribution in [2.75, 3.05) is 25.1 Å². The Balaban J connectivity index is 1.52. The van der Waals surface area contributed by atoms with E-state index in [1.165, 1.54) is 50.2 Å². The summed E-state index contributed by atoms with van der Waals surface area (Å²) in [5, 5.41) is 3.74. The lowest BCUT2D eigenvalue weighted by atomic mass is 9.97. The van der Waals surface area contributed by atoms with Crippen LogP contribution in [0.1, 0.15) is 32.1 Å². The van der Waals surface area contributed by atoms with Crippen LogP contribution in [0.25, 0.3) is 0 Å². The van der Waals surface area contributed by atoms with Crippen LogP contribution in [0.2, 0.25) is 0 Å². The van der Waals surface area contributed by atoms with Crippen molar-refractivity contribution in [3.05, 3.63) is 0 Å². The molecule has 2 nitrogen and oxygen atoms in total. The molecule has 0 aliphatic carbocycles. The molecule has 3 unspecified atom stereocenters. The maximum atomic E-state index is 3.74. The van der Waals surface area contributed by atoms with Crippen LogP contribution in [-0.4, -0.2) is 48.1 Å². The van der Waals surface area contributed by atoms with Gasteiger partial charge in [0, 0.05) is 24.7 Å². The Morgan fingerprint density at radius 2 is 1.94 bits per heavy atom. The maximum absolute atomic E-state index is 3.74. The van der Waals surface area contributed by atoms with Gasteiger partial charge in [0.15, 0.2) is 0 Å². The predicted octanol–water partition coefficient (Wildman–Crippen LogP) is 1.95. The molecule has 0 spiro atoms. The predicted molar refractivity (Wildman–Crippen MR) is 71.0 cm³/mol. The Morgan fingerprint density at radius 3 is 2.56 bits per heavy atom. The Kier molecular flexibility index (Phi) is 3.46. The first-order valence-electron chi connectivity index (χ1n) is 6.85.